The highest BCUT2D eigenvalue weighted by atomic mass is 32.2. The molecule has 1 aromatic heterocycles. The molecule has 3 nitrogen and oxygen atoms in total. The Morgan fingerprint density at radius 3 is 2.30 bits per heavy atom. The minimum Gasteiger partial charge on any atom is -0.289 e. The van der Waals surface area contributed by atoms with Crippen molar-refractivity contribution >= 4 is 34.0 Å². The Kier molecular flexibility index (Phi) is 4.56. The number of anilines is 2. The first kappa shape index (κ1) is 15.9. The van der Waals surface area contributed by atoms with E-state index in [0.717, 1.165) is 16.0 Å². The second kappa shape index (κ2) is 6.62. The largest absolute Gasteiger partial charge is 0.289 e. The number of thiophene rings is 1. The normalized spacial score (nSPS) is 12.1. The maximum Gasteiger partial charge on any atom is 0.266 e. The molecule has 1 atom stereocenters. The third kappa shape index (κ3) is 3.50. The van der Waals surface area contributed by atoms with Crippen LogP contribution in [0.4, 0.5) is 15.8 Å². The lowest BCUT2D eigenvalue weighted by molar-refractivity contribution is 0.564. The molecule has 0 radical (unpaired) electrons. The highest BCUT2D eigenvalue weighted by Crippen LogP contribution is 2.35. The van der Waals surface area contributed by atoms with E-state index in [1.807, 2.05) is 30.5 Å². The van der Waals surface area contributed by atoms with Crippen molar-refractivity contribution in [1.82, 2.24) is 0 Å². The molecule has 6 heteroatoms. The molecule has 0 aliphatic carbocycles. The molecule has 1 heterocycles. The number of aryl methyl sites for hydroxylation is 1. The van der Waals surface area contributed by atoms with Crippen molar-refractivity contribution < 1.29 is 13.2 Å². The highest BCUT2D eigenvalue weighted by Gasteiger charge is 2.17. The molecule has 0 fully saturated rings. The average molecular weight is 347 g/mol. The molecule has 23 heavy (non-hydrogen) atoms. The summed E-state index contributed by atoms with van der Waals surface area (Å²) in [7, 11) is 0. The summed E-state index contributed by atoms with van der Waals surface area (Å²) >= 11 is -0.736. The summed E-state index contributed by atoms with van der Waals surface area (Å²) < 4.78 is 35.8. The van der Waals surface area contributed by atoms with Crippen molar-refractivity contribution in [2.24, 2.45) is 0 Å². The molecule has 0 spiro atoms. The lowest BCUT2D eigenvalue weighted by Gasteiger charge is -2.18. The first-order valence-electron chi connectivity index (χ1n) is 6.87. The van der Waals surface area contributed by atoms with Crippen LogP contribution in [0.25, 0.3) is 10.4 Å². The van der Waals surface area contributed by atoms with E-state index in [1.54, 1.807) is 24.3 Å². The van der Waals surface area contributed by atoms with Gasteiger partial charge in [-0.3, -0.25) is 4.55 Å². The lowest BCUT2D eigenvalue weighted by atomic mass is 10.2. The molecule has 0 saturated heterocycles. The third-order valence-corrected chi connectivity index (χ3v) is 5.07. The van der Waals surface area contributed by atoms with Crippen molar-refractivity contribution in [3.05, 3.63) is 71.4 Å². The van der Waals surface area contributed by atoms with Crippen LogP contribution >= 0.6 is 11.3 Å². The van der Waals surface area contributed by atoms with Crippen molar-refractivity contribution in [3.63, 3.8) is 0 Å². The summed E-state index contributed by atoms with van der Waals surface area (Å²) in [4.78, 5) is 0.905. The van der Waals surface area contributed by atoms with Gasteiger partial charge in [0, 0.05) is 10.3 Å². The summed E-state index contributed by atoms with van der Waals surface area (Å²) in [6.07, 6.45) is 0. The van der Waals surface area contributed by atoms with Crippen LogP contribution in [0, 0.1) is 12.7 Å². The van der Waals surface area contributed by atoms with Gasteiger partial charge in [0.15, 0.2) is 0 Å². The van der Waals surface area contributed by atoms with Gasteiger partial charge in [-0.2, -0.15) is 0 Å². The minimum atomic E-state index is -2.18. The van der Waals surface area contributed by atoms with E-state index in [2.05, 4.69) is 0 Å². The second-order valence-electron chi connectivity index (χ2n) is 5.04. The topological polar surface area (TPSA) is 40.5 Å². The predicted octanol–water partition coefficient (Wildman–Crippen LogP) is 5.14. The number of halogens is 1. The van der Waals surface area contributed by atoms with E-state index < -0.39 is 11.3 Å². The van der Waals surface area contributed by atoms with Gasteiger partial charge in [-0.05, 0) is 42.8 Å². The standard InChI is InChI=1S/C17H14FNO2S2/c1-12-2-8-15(9-3-12)19(23(20)21)16-10-17(22-11-16)13-4-6-14(18)7-5-13/h2-11H,1H3,(H,20,21). The Hall–Kier alpha value is -2.02. The zero-order valence-electron chi connectivity index (χ0n) is 12.3. The monoisotopic (exact) mass is 347 g/mol. The van der Waals surface area contributed by atoms with Gasteiger partial charge in [0.2, 0.25) is 0 Å². The smallest absolute Gasteiger partial charge is 0.266 e. The summed E-state index contributed by atoms with van der Waals surface area (Å²) in [5, 5.41) is 1.81. The fraction of sp³-hybridized carbons (Fsp3) is 0.0588. The Morgan fingerprint density at radius 1 is 1.04 bits per heavy atom. The predicted molar refractivity (Wildman–Crippen MR) is 93.8 cm³/mol. The van der Waals surface area contributed by atoms with Gasteiger partial charge in [-0.1, -0.05) is 29.8 Å². The van der Waals surface area contributed by atoms with Gasteiger partial charge in [0.05, 0.1) is 11.4 Å². The highest BCUT2D eigenvalue weighted by molar-refractivity contribution is 7.81. The summed E-state index contributed by atoms with van der Waals surface area (Å²) in [6.45, 7) is 1.96. The van der Waals surface area contributed by atoms with E-state index in [-0.39, 0.29) is 5.82 Å². The molecule has 1 unspecified atom stereocenters. The van der Waals surface area contributed by atoms with E-state index in [0.29, 0.717) is 11.4 Å². The first-order chi connectivity index (χ1) is 11.0. The van der Waals surface area contributed by atoms with Gasteiger partial charge >= 0.3 is 0 Å². The Labute approximate surface area is 140 Å². The number of hydrogen-bond acceptors (Lipinski definition) is 2. The minimum absolute atomic E-state index is 0.289. The van der Waals surface area contributed by atoms with Crippen molar-refractivity contribution in [3.8, 4) is 10.4 Å². The zero-order valence-corrected chi connectivity index (χ0v) is 13.9. The number of nitrogens with zero attached hydrogens (tertiary/aromatic N) is 1. The molecule has 3 aromatic rings. The number of benzene rings is 2. The van der Waals surface area contributed by atoms with Gasteiger partial charge in [-0.25, -0.2) is 12.9 Å². The first-order valence-corrected chi connectivity index (χ1v) is 8.81. The van der Waals surface area contributed by atoms with Crippen LogP contribution in [0.5, 0.6) is 0 Å². The van der Waals surface area contributed by atoms with Crippen LogP contribution in [0.3, 0.4) is 0 Å². The van der Waals surface area contributed by atoms with Crippen LogP contribution in [0.1, 0.15) is 5.56 Å². The summed E-state index contributed by atoms with van der Waals surface area (Å²) in [5.41, 5.74) is 3.21. The third-order valence-electron chi connectivity index (χ3n) is 3.37. The fourth-order valence-electron chi connectivity index (χ4n) is 2.21. The molecule has 118 valence electrons. The molecule has 0 bridgehead atoms. The number of hydrogen-bond donors (Lipinski definition) is 1. The molecule has 0 aliphatic heterocycles. The molecule has 0 saturated carbocycles. The maximum absolute atomic E-state index is 13.0. The van der Waals surface area contributed by atoms with E-state index in [9.17, 15) is 13.2 Å². The van der Waals surface area contributed by atoms with Crippen LogP contribution in [0.15, 0.2) is 60.0 Å². The molecule has 2 aromatic carbocycles. The molecule has 0 amide bonds. The van der Waals surface area contributed by atoms with Gasteiger partial charge in [-0.15, -0.1) is 11.3 Å². The van der Waals surface area contributed by atoms with Gasteiger partial charge < -0.3 is 0 Å². The van der Waals surface area contributed by atoms with Crippen molar-refractivity contribution in [1.29, 1.82) is 0 Å². The van der Waals surface area contributed by atoms with E-state index in [4.69, 9.17) is 0 Å². The van der Waals surface area contributed by atoms with E-state index in [1.165, 1.54) is 27.8 Å². The van der Waals surface area contributed by atoms with Crippen LogP contribution in [0.2, 0.25) is 0 Å². The SMILES string of the molecule is Cc1ccc(N(c2csc(-c3ccc(F)cc3)c2)S(=O)O)cc1. The van der Waals surface area contributed by atoms with Crippen molar-refractivity contribution in [2.75, 3.05) is 4.31 Å². The quantitative estimate of drug-likeness (QED) is 0.664. The molecule has 1 N–H and O–H groups in total. The molecule has 3 rings (SSSR count). The molecular weight excluding hydrogens is 333 g/mol. The molecule has 0 aliphatic rings. The summed E-state index contributed by atoms with van der Waals surface area (Å²) in [6, 6.07) is 15.4. The number of rotatable bonds is 4. The van der Waals surface area contributed by atoms with Crippen molar-refractivity contribution in [2.45, 2.75) is 6.92 Å². The van der Waals surface area contributed by atoms with Crippen LogP contribution in [-0.4, -0.2) is 8.76 Å². The van der Waals surface area contributed by atoms with Crippen LogP contribution in [-0.2, 0) is 11.3 Å². The average Bonchev–Trinajstić information content (AvgIpc) is 2.99. The van der Waals surface area contributed by atoms with Crippen LogP contribution < -0.4 is 4.31 Å². The summed E-state index contributed by atoms with van der Waals surface area (Å²) in [5.74, 6) is -0.289. The maximum atomic E-state index is 13.0. The Morgan fingerprint density at radius 2 is 1.70 bits per heavy atom. The Bertz CT molecular complexity index is 829. The van der Waals surface area contributed by atoms with E-state index >= 15 is 0 Å². The Balaban J connectivity index is 1.97. The van der Waals surface area contributed by atoms with Gasteiger partial charge in [0.1, 0.15) is 5.82 Å². The molecular formula is C17H14FNO2S2. The fourth-order valence-corrected chi connectivity index (χ4v) is 3.74. The lowest BCUT2D eigenvalue weighted by Crippen LogP contribution is -2.18. The van der Waals surface area contributed by atoms with Gasteiger partial charge in [0.25, 0.3) is 11.3 Å². The zero-order chi connectivity index (χ0) is 16.4. The second-order valence-corrected chi connectivity index (χ2v) is 6.77.